The van der Waals surface area contributed by atoms with Crippen LogP contribution in [0.15, 0.2) is 54.1 Å². The summed E-state index contributed by atoms with van der Waals surface area (Å²) < 4.78 is 19.2. The molecule has 1 saturated heterocycles. The molecule has 1 aliphatic rings. The first kappa shape index (κ1) is 16.4. The first-order valence-corrected chi connectivity index (χ1v) is 7.32. The minimum absolute atomic E-state index is 0.233. The summed E-state index contributed by atoms with van der Waals surface area (Å²) in [5.41, 5.74) is -0.0536. The fourth-order valence-corrected chi connectivity index (χ4v) is 2.45. The number of urea groups is 1. The fourth-order valence-electron chi connectivity index (χ4n) is 2.45. The van der Waals surface area contributed by atoms with Gasteiger partial charge in [-0.2, -0.15) is 0 Å². The lowest BCUT2D eigenvalue weighted by Crippen LogP contribution is -2.54. The summed E-state index contributed by atoms with van der Waals surface area (Å²) >= 11 is 0. The van der Waals surface area contributed by atoms with Crippen LogP contribution in [0.25, 0.3) is 6.08 Å². The number of hydrogen-bond donors (Lipinski definition) is 1. The van der Waals surface area contributed by atoms with E-state index in [9.17, 15) is 18.8 Å². The van der Waals surface area contributed by atoms with Crippen LogP contribution in [0, 0.1) is 5.82 Å². The highest BCUT2D eigenvalue weighted by Gasteiger charge is 2.38. The molecular weight excluding hydrogens is 327 g/mol. The number of rotatable bonds is 3. The molecule has 0 saturated carbocycles. The Kier molecular flexibility index (Phi) is 4.30. The average molecular weight is 340 g/mol. The van der Waals surface area contributed by atoms with E-state index in [2.05, 4.69) is 0 Å². The van der Waals surface area contributed by atoms with Crippen LogP contribution in [-0.2, 0) is 9.59 Å². The number of amides is 4. The second-order valence-electron chi connectivity index (χ2n) is 5.15. The molecule has 6 nitrogen and oxygen atoms in total. The maximum absolute atomic E-state index is 14.0. The number of ether oxygens (including phenoxy) is 1. The second kappa shape index (κ2) is 6.56. The maximum atomic E-state index is 14.0. The molecule has 2 aromatic carbocycles. The predicted molar refractivity (Wildman–Crippen MR) is 88.4 cm³/mol. The van der Waals surface area contributed by atoms with Crippen LogP contribution >= 0.6 is 0 Å². The Hall–Kier alpha value is -3.48. The van der Waals surface area contributed by atoms with Crippen LogP contribution in [-0.4, -0.2) is 25.0 Å². The number of hydrogen-bond acceptors (Lipinski definition) is 4. The monoisotopic (exact) mass is 340 g/mol. The van der Waals surface area contributed by atoms with Crippen LogP contribution in [0.1, 0.15) is 5.56 Å². The molecule has 2 aromatic rings. The molecule has 0 aromatic heterocycles. The Balaban J connectivity index is 2.07. The van der Waals surface area contributed by atoms with E-state index in [1.165, 1.54) is 31.4 Å². The van der Waals surface area contributed by atoms with Crippen molar-refractivity contribution in [2.75, 3.05) is 12.0 Å². The molecule has 7 heteroatoms. The van der Waals surface area contributed by atoms with Crippen molar-refractivity contribution in [1.29, 1.82) is 0 Å². The first-order chi connectivity index (χ1) is 12.0. The van der Waals surface area contributed by atoms with Gasteiger partial charge in [-0.05, 0) is 24.3 Å². The molecular formula is C18H13FN2O4. The lowest BCUT2D eigenvalue weighted by atomic mass is 10.1. The second-order valence-corrected chi connectivity index (χ2v) is 5.15. The summed E-state index contributed by atoms with van der Waals surface area (Å²) in [5, 5.41) is 2.04. The summed E-state index contributed by atoms with van der Waals surface area (Å²) in [6, 6.07) is 11.1. The van der Waals surface area contributed by atoms with E-state index in [1.54, 1.807) is 24.3 Å². The predicted octanol–water partition coefficient (Wildman–Crippen LogP) is 2.50. The van der Waals surface area contributed by atoms with E-state index >= 15 is 0 Å². The third-order valence-electron chi connectivity index (χ3n) is 3.63. The number of imide groups is 2. The van der Waals surface area contributed by atoms with Gasteiger partial charge in [-0.3, -0.25) is 14.9 Å². The molecule has 0 spiro atoms. The zero-order chi connectivity index (χ0) is 18.0. The summed E-state index contributed by atoms with van der Waals surface area (Å²) in [6.45, 7) is 0. The smallest absolute Gasteiger partial charge is 0.336 e. The summed E-state index contributed by atoms with van der Waals surface area (Å²) in [5.74, 6) is -2.07. The van der Waals surface area contributed by atoms with Gasteiger partial charge in [0, 0.05) is 5.56 Å². The molecule has 1 aliphatic heterocycles. The number of barbiturate groups is 1. The lowest BCUT2D eigenvalue weighted by molar-refractivity contribution is -0.122. The largest absolute Gasteiger partial charge is 0.496 e. The Morgan fingerprint density at radius 2 is 1.72 bits per heavy atom. The summed E-state index contributed by atoms with van der Waals surface area (Å²) in [6.07, 6.45) is 1.30. The van der Waals surface area contributed by atoms with E-state index in [0.717, 1.165) is 6.07 Å². The van der Waals surface area contributed by atoms with Crippen molar-refractivity contribution < 1.29 is 23.5 Å². The number of benzene rings is 2. The van der Waals surface area contributed by atoms with Gasteiger partial charge in [-0.15, -0.1) is 0 Å². The van der Waals surface area contributed by atoms with Crippen LogP contribution < -0.4 is 15.0 Å². The zero-order valence-corrected chi connectivity index (χ0v) is 13.2. The highest BCUT2D eigenvalue weighted by Crippen LogP contribution is 2.26. The van der Waals surface area contributed by atoms with Crippen molar-refractivity contribution in [3.05, 3.63) is 65.5 Å². The highest BCUT2D eigenvalue weighted by molar-refractivity contribution is 6.39. The van der Waals surface area contributed by atoms with E-state index in [-0.39, 0.29) is 11.3 Å². The molecule has 0 atom stereocenters. The number of halogens is 1. The Morgan fingerprint density at radius 3 is 2.44 bits per heavy atom. The fraction of sp³-hybridized carbons (Fsp3) is 0.0556. The molecule has 25 heavy (non-hydrogen) atoms. The van der Waals surface area contributed by atoms with Gasteiger partial charge in [-0.25, -0.2) is 14.1 Å². The van der Waals surface area contributed by atoms with Crippen molar-refractivity contribution in [3.63, 3.8) is 0 Å². The van der Waals surface area contributed by atoms with Crippen molar-refractivity contribution in [2.24, 2.45) is 0 Å². The lowest BCUT2D eigenvalue weighted by Gasteiger charge is -2.26. The van der Waals surface area contributed by atoms with Gasteiger partial charge >= 0.3 is 6.03 Å². The molecule has 1 N–H and O–H groups in total. The van der Waals surface area contributed by atoms with Gasteiger partial charge in [0.25, 0.3) is 11.8 Å². The molecule has 0 unspecified atom stereocenters. The number of nitrogens with zero attached hydrogens (tertiary/aromatic N) is 1. The molecule has 0 aliphatic carbocycles. The average Bonchev–Trinajstić information content (AvgIpc) is 2.60. The minimum atomic E-state index is -1.00. The van der Waals surface area contributed by atoms with Crippen LogP contribution in [0.5, 0.6) is 5.75 Å². The summed E-state index contributed by atoms with van der Waals surface area (Å²) in [7, 11) is 1.45. The molecule has 1 heterocycles. The minimum Gasteiger partial charge on any atom is -0.496 e. The Bertz CT molecular complexity index is 907. The maximum Gasteiger partial charge on any atom is 0.336 e. The number of anilines is 1. The van der Waals surface area contributed by atoms with Gasteiger partial charge in [0.15, 0.2) is 0 Å². The Labute approximate surface area is 142 Å². The zero-order valence-electron chi connectivity index (χ0n) is 13.2. The van der Waals surface area contributed by atoms with Gasteiger partial charge in [-0.1, -0.05) is 30.3 Å². The standard InChI is InChI=1S/C18H13FN2O4/c1-25-15-9-5-2-6-11(15)10-12-16(22)20-18(24)21(17(12)23)14-8-4-3-7-13(14)19/h2-10H,1H3,(H,20,22,24)/b12-10+. The number of nitrogens with one attached hydrogen (secondary N) is 1. The number of methoxy groups -OCH3 is 1. The summed E-state index contributed by atoms with van der Waals surface area (Å²) in [4.78, 5) is 37.4. The topological polar surface area (TPSA) is 75.7 Å². The van der Waals surface area contributed by atoms with Gasteiger partial charge in [0.1, 0.15) is 17.1 Å². The van der Waals surface area contributed by atoms with Crippen LogP contribution in [0.3, 0.4) is 0 Å². The van der Waals surface area contributed by atoms with E-state index in [4.69, 9.17) is 4.74 Å². The highest BCUT2D eigenvalue weighted by atomic mass is 19.1. The van der Waals surface area contributed by atoms with E-state index in [0.29, 0.717) is 16.2 Å². The van der Waals surface area contributed by atoms with E-state index in [1.807, 2.05) is 5.32 Å². The number of para-hydroxylation sites is 2. The normalized spacial score (nSPS) is 16.2. The number of carbonyl (C=O) groups is 3. The third kappa shape index (κ3) is 2.99. The number of carbonyl (C=O) groups excluding carboxylic acids is 3. The molecule has 3 rings (SSSR count). The molecule has 126 valence electrons. The van der Waals surface area contributed by atoms with Crippen LogP contribution in [0.4, 0.5) is 14.9 Å². The van der Waals surface area contributed by atoms with Crippen molar-refractivity contribution in [1.82, 2.24) is 5.32 Å². The first-order valence-electron chi connectivity index (χ1n) is 7.32. The van der Waals surface area contributed by atoms with Crippen LogP contribution in [0.2, 0.25) is 0 Å². The molecule has 0 radical (unpaired) electrons. The van der Waals surface area contributed by atoms with Crippen molar-refractivity contribution in [2.45, 2.75) is 0 Å². The van der Waals surface area contributed by atoms with Crippen molar-refractivity contribution >= 4 is 29.6 Å². The van der Waals surface area contributed by atoms with Crippen molar-refractivity contribution in [3.8, 4) is 5.75 Å². The quantitative estimate of drug-likeness (QED) is 0.688. The van der Waals surface area contributed by atoms with Gasteiger partial charge < -0.3 is 4.74 Å². The molecule has 1 fully saturated rings. The third-order valence-corrected chi connectivity index (χ3v) is 3.63. The SMILES string of the molecule is COc1ccccc1/C=C1\C(=O)NC(=O)N(c2ccccc2F)C1=O. The van der Waals surface area contributed by atoms with Gasteiger partial charge in [0.2, 0.25) is 0 Å². The molecule has 0 bridgehead atoms. The Morgan fingerprint density at radius 1 is 1.04 bits per heavy atom. The van der Waals surface area contributed by atoms with Gasteiger partial charge in [0.05, 0.1) is 12.8 Å². The van der Waals surface area contributed by atoms with E-state index < -0.39 is 23.7 Å². The molecule has 4 amide bonds.